The molecule has 0 N–H and O–H groups in total. The zero-order valence-corrected chi connectivity index (χ0v) is 23.2. The van der Waals surface area contributed by atoms with E-state index in [0.29, 0.717) is 25.3 Å². The van der Waals surface area contributed by atoms with Gasteiger partial charge in [-0.3, -0.25) is 4.57 Å². The Balaban J connectivity index is 1.75. The Kier molecular flexibility index (Phi) is 8.88. The number of methoxy groups -OCH3 is 1. The maximum atomic E-state index is 12.9. The molecule has 4 nitrogen and oxygen atoms in total. The molecule has 2 unspecified atom stereocenters. The minimum Gasteiger partial charge on any atom is -0.489 e. The Morgan fingerprint density at radius 1 is 1.15 bits per heavy atom. The van der Waals surface area contributed by atoms with Crippen molar-refractivity contribution < 1.29 is 18.6 Å². The zero-order valence-electron chi connectivity index (χ0n) is 20.8. The van der Waals surface area contributed by atoms with Crippen molar-refractivity contribution in [3.63, 3.8) is 0 Å². The van der Waals surface area contributed by atoms with Crippen molar-refractivity contribution in [3.05, 3.63) is 63.6 Å². The summed E-state index contributed by atoms with van der Waals surface area (Å²) in [7, 11) is -0.842. The third kappa shape index (κ3) is 7.42. The van der Waals surface area contributed by atoms with Crippen LogP contribution in [-0.2, 0) is 20.4 Å². The summed E-state index contributed by atoms with van der Waals surface area (Å²) in [6.45, 7) is 11.2. The number of hydrogen-bond donors (Lipinski definition) is 0. The van der Waals surface area contributed by atoms with Gasteiger partial charge in [-0.2, -0.15) is 0 Å². The Morgan fingerprint density at radius 3 is 2.48 bits per heavy atom. The first kappa shape index (κ1) is 26.5. The van der Waals surface area contributed by atoms with Gasteiger partial charge in [0, 0.05) is 24.4 Å². The van der Waals surface area contributed by atoms with E-state index in [0.717, 1.165) is 21.3 Å². The minimum atomic E-state index is -2.60. The van der Waals surface area contributed by atoms with E-state index < -0.39 is 7.37 Å². The Bertz CT molecular complexity index is 980. The van der Waals surface area contributed by atoms with Crippen LogP contribution in [0.15, 0.2) is 46.9 Å². The summed E-state index contributed by atoms with van der Waals surface area (Å²) in [6, 6.07) is 14.6. The molecule has 3 rings (SSSR count). The molecular formula is C27H38BrO4P. The van der Waals surface area contributed by atoms with Crippen LogP contribution < -0.4 is 4.74 Å². The van der Waals surface area contributed by atoms with Gasteiger partial charge in [0.05, 0.1) is 12.7 Å². The van der Waals surface area contributed by atoms with Gasteiger partial charge in [-0.15, -0.1) is 0 Å². The van der Waals surface area contributed by atoms with E-state index in [1.54, 1.807) is 13.8 Å². The third-order valence-electron chi connectivity index (χ3n) is 6.18. The van der Waals surface area contributed by atoms with Crippen LogP contribution in [0.1, 0.15) is 69.2 Å². The highest BCUT2D eigenvalue weighted by molar-refractivity contribution is 9.10. The molecule has 0 aliphatic heterocycles. The lowest BCUT2D eigenvalue weighted by Crippen LogP contribution is -2.20. The summed E-state index contributed by atoms with van der Waals surface area (Å²) < 4.78 is 31.5. The Labute approximate surface area is 208 Å². The maximum absolute atomic E-state index is 12.9. The first-order valence-corrected chi connectivity index (χ1v) is 14.8. The van der Waals surface area contributed by atoms with Gasteiger partial charge in [0.1, 0.15) is 12.4 Å². The van der Waals surface area contributed by atoms with Crippen LogP contribution in [0.25, 0.3) is 0 Å². The molecule has 2 aromatic rings. The van der Waals surface area contributed by atoms with Crippen molar-refractivity contribution in [1.29, 1.82) is 0 Å². The van der Waals surface area contributed by atoms with Crippen molar-refractivity contribution in [2.75, 3.05) is 26.5 Å². The highest BCUT2D eigenvalue weighted by Crippen LogP contribution is 2.53. The smallest absolute Gasteiger partial charge is 0.200 e. The fraction of sp³-hybridized carbons (Fsp3) is 0.556. The third-order valence-corrected chi connectivity index (χ3v) is 8.76. The van der Waals surface area contributed by atoms with Gasteiger partial charge in [0.2, 0.25) is 7.37 Å². The minimum absolute atomic E-state index is 0.0236. The first-order chi connectivity index (χ1) is 15.5. The molecule has 0 bridgehead atoms. The molecule has 1 aliphatic rings. The Hall–Kier alpha value is -1.13. The normalized spacial score (nSPS) is 17.9. The van der Waals surface area contributed by atoms with Crippen LogP contribution in [0.5, 0.6) is 5.75 Å². The van der Waals surface area contributed by atoms with Crippen molar-refractivity contribution in [2.45, 2.75) is 59.2 Å². The van der Waals surface area contributed by atoms with Gasteiger partial charge in [0.15, 0.2) is 0 Å². The summed E-state index contributed by atoms with van der Waals surface area (Å²) in [6.07, 6.45) is 2.95. The molecule has 6 heteroatoms. The number of halogens is 1. The molecule has 0 aromatic heterocycles. The average Bonchev–Trinajstić information content (AvgIpc) is 3.57. The Morgan fingerprint density at radius 2 is 1.88 bits per heavy atom. The maximum Gasteiger partial charge on any atom is 0.200 e. The second-order valence-electron chi connectivity index (χ2n) is 10.3. The van der Waals surface area contributed by atoms with Crippen LogP contribution in [-0.4, -0.2) is 26.5 Å². The van der Waals surface area contributed by atoms with E-state index in [1.165, 1.54) is 18.4 Å². The quantitative estimate of drug-likeness (QED) is 0.271. The van der Waals surface area contributed by atoms with E-state index in [1.807, 2.05) is 19.1 Å². The monoisotopic (exact) mass is 536 g/mol. The van der Waals surface area contributed by atoms with Gasteiger partial charge in [0.25, 0.3) is 0 Å². The molecule has 3 atom stereocenters. The second-order valence-corrected chi connectivity index (χ2v) is 13.8. The van der Waals surface area contributed by atoms with E-state index >= 15 is 0 Å². The summed E-state index contributed by atoms with van der Waals surface area (Å²) in [5, 5.41) is 0. The van der Waals surface area contributed by atoms with E-state index in [-0.39, 0.29) is 17.4 Å². The lowest BCUT2D eigenvalue weighted by atomic mass is 9.84. The van der Waals surface area contributed by atoms with Crippen LogP contribution in [0, 0.1) is 11.3 Å². The summed E-state index contributed by atoms with van der Waals surface area (Å²) in [4.78, 5) is 0. The highest BCUT2D eigenvalue weighted by atomic mass is 79.9. The lowest BCUT2D eigenvalue weighted by molar-refractivity contribution is 0.0146. The topological polar surface area (TPSA) is 44.8 Å². The van der Waals surface area contributed by atoms with Crippen molar-refractivity contribution in [3.8, 4) is 5.75 Å². The number of benzene rings is 2. The van der Waals surface area contributed by atoms with Crippen LogP contribution in [0.2, 0.25) is 0 Å². The SMILES string of the molecule is CCOP(C)(=O)CC(c1cccc(OCc2ccc(Br)c([C@@H](OC)C(C)(C)C)c2)c1)C1CC1. The van der Waals surface area contributed by atoms with Gasteiger partial charge < -0.3 is 14.0 Å². The molecular weight excluding hydrogens is 499 g/mol. The molecule has 2 aromatic carbocycles. The molecule has 0 spiro atoms. The number of hydrogen-bond acceptors (Lipinski definition) is 4. The highest BCUT2D eigenvalue weighted by Gasteiger charge is 2.36. The van der Waals surface area contributed by atoms with E-state index in [4.69, 9.17) is 14.0 Å². The van der Waals surface area contributed by atoms with Gasteiger partial charge in [-0.1, -0.05) is 54.9 Å². The van der Waals surface area contributed by atoms with Crippen LogP contribution >= 0.6 is 23.3 Å². The second kappa shape index (κ2) is 11.1. The standard InChI is InChI=1S/C27H38BrO4P/c1-7-32-33(6,29)18-24(20-12-13-20)21-9-8-10-22(16-21)31-17-19-11-14-25(28)23(15-19)26(30-5)27(2,3)4/h8-11,14-16,20,24,26H,7,12-13,17-18H2,1-6H3/t24?,26-,33?/m1/s1. The molecule has 0 amide bonds. The zero-order chi connectivity index (χ0) is 24.2. The number of ether oxygens (including phenoxy) is 2. The van der Waals surface area contributed by atoms with Crippen molar-refractivity contribution in [1.82, 2.24) is 0 Å². The van der Waals surface area contributed by atoms with Crippen molar-refractivity contribution in [2.24, 2.45) is 11.3 Å². The molecule has 1 aliphatic carbocycles. The molecule has 182 valence electrons. The molecule has 0 heterocycles. The largest absolute Gasteiger partial charge is 0.489 e. The van der Waals surface area contributed by atoms with Gasteiger partial charge in [-0.25, -0.2) is 0 Å². The number of rotatable bonds is 11. The summed E-state index contributed by atoms with van der Waals surface area (Å²) in [5.74, 6) is 1.68. The summed E-state index contributed by atoms with van der Waals surface area (Å²) >= 11 is 3.69. The fourth-order valence-corrected chi connectivity index (χ4v) is 6.87. The van der Waals surface area contributed by atoms with Gasteiger partial charge in [-0.05, 0) is 78.0 Å². The van der Waals surface area contributed by atoms with E-state index in [2.05, 4.69) is 67.0 Å². The van der Waals surface area contributed by atoms with Gasteiger partial charge >= 0.3 is 0 Å². The van der Waals surface area contributed by atoms with Crippen LogP contribution in [0.3, 0.4) is 0 Å². The van der Waals surface area contributed by atoms with Crippen molar-refractivity contribution >= 4 is 23.3 Å². The molecule has 1 saturated carbocycles. The molecule has 0 saturated heterocycles. The predicted octanol–water partition coefficient (Wildman–Crippen LogP) is 8.20. The molecule has 33 heavy (non-hydrogen) atoms. The van der Waals surface area contributed by atoms with E-state index in [9.17, 15) is 4.57 Å². The predicted molar refractivity (Wildman–Crippen MR) is 140 cm³/mol. The molecule has 0 radical (unpaired) electrons. The lowest BCUT2D eigenvalue weighted by Gasteiger charge is -2.30. The fourth-order valence-electron chi connectivity index (χ4n) is 4.54. The molecule has 1 fully saturated rings. The summed E-state index contributed by atoms with van der Waals surface area (Å²) in [5.41, 5.74) is 3.39. The first-order valence-electron chi connectivity index (χ1n) is 11.8. The average molecular weight is 537 g/mol. The van der Waals surface area contributed by atoms with Crippen LogP contribution in [0.4, 0.5) is 0 Å².